The van der Waals surface area contributed by atoms with Crippen molar-refractivity contribution in [2.75, 3.05) is 13.2 Å². The Labute approximate surface area is 167 Å². The molecule has 2 aliphatic rings. The van der Waals surface area contributed by atoms with Crippen LogP contribution in [0.4, 0.5) is 0 Å². The topological polar surface area (TPSA) is 64.6 Å². The predicted molar refractivity (Wildman–Crippen MR) is 108 cm³/mol. The Morgan fingerprint density at radius 3 is 2.68 bits per heavy atom. The van der Waals surface area contributed by atoms with Gasteiger partial charge in [0.1, 0.15) is 5.75 Å². The van der Waals surface area contributed by atoms with Crippen LogP contribution in [-0.4, -0.2) is 25.1 Å². The van der Waals surface area contributed by atoms with Crippen molar-refractivity contribution in [3.63, 3.8) is 0 Å². The number of benzene rings is 1. The molecule has 1 heterocycles. The predicted octanol–water partition coefficient (Wildman–Crippen LogP) is 4.48. The number of nitrogens with one attached hydrogen (secondary N) is 1. The molecule has 1 N–H and O–H groups in total. The van der Waals surface area contributed by atoms with E-state index in [-0.39, 0.29) is 24.2 Å². The lowest BCUT2D eigenvalue weighted by Gasteiger charge is -2.28. The SMILES string of the molecule is CCCOc1ccccc1[C@H]1CC(=O)NC(C)=C1C(=O)OCC1CCCCC1. The van der Waals surface area contributed by atoms with Gasteiger partial charge in [0.15, 0.2) is 0 Å². The summed E-state index contributed by atoms with van der Waals surface area (Å²) in [5.74, 6) is 0.431. The zero-order chi connectivity index (χ0) is 19.9. The van der Waals surface area contributed by atoms with Crippen molar-refractivity contribution < 1.29 is 19.1 Å². The van der Waals surface area contributed by atoms with Gasteiger partial charge in [0, 0.05) is 23.6 Å². The Bertz CT molecular complexity index is 734. The van der Waals surface area contributed by atoms with Gasteiger partial charge in [-0.1, -0.05) is 44.4 Å². The quantitative estimate of drug-likeness (QED) is 0.703. The number of para-hydroxylation sites is 1. The van der Waals surface area contributed by atoms with Gasteiger partial charge < -0.3 is 14.8 Å². The summed E-state index contributed by atoms with van der Waals surface area (Å²) in [4.78, 5) is 25.2. The third kappa shape index (κ3) is 4.94. The van der Waals surface area contributed by atoms with Crippen LogP contribution < -0.4 is 10.1 Å². The van der Waals surface area contributed by atoms with Crippen LogP contribution in [0.15, 0.2) is 35.5 Å². The van der Waals surface area contributed by atoms with Crippen LogP contribution in [0.1, 0.15) is 70.3 Å². The van der Waals surface area contributed by atoms with E-state index in [4.69, 9.17) is 9.47 Å². The Balaban J connectivity index is 1.81. The van der Waals surface area contributed by atoms with Gasteiger partial charge in [-0.25, -0.2) is 4.79 Å². The molecule has 28 heavy (non-hydrogen) atoms. The molecule has 1 aliphatic heterocycles. The molecule has 0 bridgehead atoms. The van der Waals surface area contributed by atoms with Crippen LogP contribution in [0, 0.1) is 5.92 Å². The molecule has 0 radical (unpaired) electrons. The van der Waals surface area contributed by atoms with E-state index in [0.717, 1.165) is 30.6 Å². The molecule has 1 aromatic rings. The first-order valence-electron chi connectivity index (χ1n) is 10.5. The van der Waals surface area contributed by atoms with Crippen LogP contribution in [0.3, 0.4) is 0 Å². The van der Waals surface area contributed by atoms with Gasteiger partial charge in [-0.3, -0.25) is 4.79 Å². The molecule has 1 atom stereocenters. The maximum Gasteiger partial charge on any atom is 0.336 e. The fourth-order valence-corrected chi connectivity index (χ4v) is 4.17. The monoisotopic (exact) mass is 385 g/mol. The van der Waals surface area contributed by atoms with Gasteiger partial charge in [-0.05, 0) is 38.2 Å². The van der Waals surface area contributed by atoms with Crippen molar-refractivity contribution >= 4 is 11.9 Å². The van der Waals surface area contributed by atoms with E-state index in [9.17, 15) is 9.59 Å². The van der Waals surface area contributed by atoms with E-state index < -0.39 is 0 Å². The average Bonchev–Trinajstić information content (AvgIpc) is 2.71. The van der Waals surface area contributed by atoms with Gasteiger partial charge in [0.25, 0.3) is 0 Å². The van der Waals surface area contributed by atoms with Gasteiger partial charge in [0.05, 0.1) is 18.8 Å². The van der Waals surface area contributed by atoms with E-state index in [1.54, 1.807) is 6.92 Å². The summed E-state index contributed by atoms with van der Waals surface area (Å²) in [6, 6.07) is 7.67. The summed E-state index contributed by atoms with van der Waals surface area (Å²) in [5, 5.41) is 2.81. The average molecular weight is 386 g/mol. The van der Waals surface area contributed by atoms with Gasteiger partial charge in [-0.15, -0.1) is 0 Å². The van der Waals surface area contributed by atoms with Crippen molar-refractivity contribution in [1.29, 1.82) is 0 Å². The van der Waals surface area contributed by atoms with E-state index in [1.165, 1.54) is 19.3 Å². The van der Waals surface area contributed by atoms with Crippen molar-refractivity contribution in [3.05, 3.63) is 41.1 Å². The number of ether oxygens (including phenoxy) is 2. The number of esters is 1. The molecule has 152 valence electrons. The van der Waals surface area contributed by atoms with E-state index in [2.05, 4.69) is 12.2 Å². The largest absolute Gasteiger partial charge is 0.493 e. The molecule has 0 unspecified atom stereocenters. The third-order valence-electron chi connectivity index (χ3n) is 5.62. The summed E-state index contributed by atoms with van der Waals surface area (Å²) in [6.45, 7) is 4.88. The molecular formula is C23H31NO4. The highest BCUT2D eigenvalue weighted by atomic mass is 16.5. The number of amides is 1. The Kier molecular flexibility index (Phi) is 7.12. The fraction of sp³-hybridized carbons (Fsp3) is 0.565. The number of hydrogen-bond donors (Lipinski definition) is 1. The summed E-state index contributed by atoms with van der Waals surface area (Å²) in [6.07, 6.45) is 7.06. The minimum atomic E-state index is -0.347. The highest BCUT2D eigenvalue weighted by Gasteiger charge is 2.34. The lowest BCUT2D eigenvalue weighted by molar-refractivity contribution is -0.141. The minimum absolute atomic E-state index is 0.0865. The maximum atomic E-state index is 13.0. The summed E-state index contributed by atoms with van der Waals surface area (Å²) in [7, 11) is 0. The lowest BCUT2D eigenvalue weighted by Crippen LogP contribution is -2.34. The van der Waals surface area contributed by atoms with Gasteiger partial charge in [0.2, 0.25) is 5.91 Å². The molecule has 5 nitrogen and oxygen atoms in total. The van der Waals surface area contributed by atoms with Crippen LogP contribution in [0.25, 0.3) is 0 Å². The minimum Gasteiger partial charge on any atom is -0.493 e. The molecule has 1 amide bonds. The van der Waals surface area contributed by atoms with Crippen molar-refractivity contribution in [3.8, 4) is 5.75 Å². The van der Waals surface area contributed by atoms with Gasteiger partial charge in [-0.2, -0.15) is 0 Å². The van der Waals surface area contributed by atoms with Crippen LogP contribution in [-0.2, 0) is 14.3 Å². The standard InChI is InChI=1S/C23H31NO4/c1-3-13-27-20-12-8-7-11-18(20)19-14-21(25)24-16(2)22(19)23(26)28-15-17-9-5-4-6-10-17/h7-8,11-12,17,19H,3-6,9-10,13-15H2,1-2H3,(H,24,25)/t19-/m1/s1. The van der Waals surface area contributed by atoms with Crippen molar-refractivity contribution in [2.24, 2.45) is 5.92 Å². The molecule has 0 aromatic heterocycles. The molecule has 1 saturated carbocycles. The summed E-state index contributed by atoms with van der Waals surface area (Å²) in [5.41, 5.74) is 2.00. The van der Waals surface area contributed by atoms with E-state index >= 15 is 0 Å². The first-order valence-corrected chi connectivity index (χ1v) is 10.5. The zero-order valence-corrected chi connectivity index (χ0v) is 17.0. The molecule has 1 aromatic carbocycles. The highest BCUT2D eigenvalue weighted by molar-refractivity contribution is 5.96. The second kappa shape index (κ2) is 9.76. The van der Waals surface area contributed by atoms with Gasteiger partial charge >= 0.3 is 5.97 Å². The molecule has 5 heteroatoms. The first kappa shape index (κ1) is 20.4. The summed E-state index contributed by atoms with van der Waals surface area (Å²) >= 11 is 0. The van der Waals surface area contributed by atoms with E-state index in [1.807, 2.05) is 24.3 Å². The number of hydrogen-bond acceptors (Lipinski definition) is 4. The van der Waals surface area contributed by atoms with Crippen molar-refractivity contribution in [2.45, 2.75) is 64.7 Å². The van der Waals surface area contributed by atoms with Crippen LogP contribution in [0.2, 0.25) is 0 Å². The zero-order valence-electron chi connectivity index (χ0n) is 17.0. The summed E-state index contributed by atoms with van der Waals surface area (Å²) < 4.78 is 11.6. The Morgan fingerprint density at radius 2 is 1.93 bits per heavy atom. The van der Waals surface area contributed by atoms with Crippen LogP contribution in [0.5, 0.6) is 5.75 Å². The second-order valence-electron chi connectivity index (χ2n) is 7.83. The van der Waals surface area contributed by atoms with Crippen LogP contribution >= 0.6 is 0 Å². The third-order valence-corrected chi connectivity index (χ3v) is 5.62. The molecule has 0 spiro atoms. The Morgan fingerprint density at radius 1 is 1.18 bits per heavy atom. The second-order valence-corrected chi connectivity index (χ2v) is 7.83. The number of rotatable bonds is 7. The highest BCUT2D eigenvalue weighted by Crippen LogP contribution is 2.38. The first-order chi connectivity index (χ1) is 13.6. The number of carbonyl (C=O) groups is 2. The van der Waals surface area contributed by atoms with Crippen molar-refractivity contribution in [1.82, 2.24) is 5.32 Å². The molecular weight excluding hydrogens is 354 g/mol. The molecule has 3 rings (SSSR count). The number of allylic oxidation sites excluding steroid dienone is 1. The maximum absolute atomic E-state index is 13.0. The molecule has 0 saturated heterocycles. The smallest absolute Gasteiger partial charge is 0.336 e. The fourth-order valence-electron chi connectivity index (χ4n) is 4.17. The molecule has 1 fully saturated rings. The Hall–Kier alpha value is -2.30. The molecule has 1 aliphatic carbocycles. The normalized spacial score (nSPS) is 20.6. The number of carbonyl (C=O) groups excluding carboxylic acids is 2. The van der Waals surface area contributed by atoms with E-state index in [0.29, 0.717) is 30.4 Å². The lowest BCUT2D eigenvalue weighted by atomic mass is 9.84.